The summed E-state index contributed by atoms with van der Waals surface area (Å²) in [6.07, 6.45) is 1.07. The summed E-state index contributed by atoms with van der Waals surface area (Å²) in [6.45, 7) is 7.11. The van der Waals surface area contributed by atoms with Gasteiger partial charge < -0.3 is 4.74 Å². The maximum Gasteiger partial charge on any atom is 0.176 e. The van der Waals surface area contributed by atoms with Crippen LogP contribution in [0.3, 0.4) is 0 Å². The van der Waals surface area contributed by atoms with Crippen molar-refractivity contribution in [3.05, 3.63) is 18.4 Å². The van der Waals surface area contributed by atoms with Gasteiger partial charge in [-0.25, -0.2) is 0 Å². The van der Waals surface area contributed by atoms with Gasteiger partial charge in [-0.1, -0.05) is 13.5 Å². The van der Waals surface area contributed by atoms with Crippen LogP contribution in [0.4, 0.5) is 0 Å². The minimum absolute atomic E-state index is 0.256. The maximum atomic E-state index is 11.4. The number of allylic oxidation sites excluding steroid dienone is 1. The van der Waals surface area contributed by atoms with E-state index in [1.807, 2.05) is 0 Å². The molecule has 0 aliphatic heterocycles. The second-order valence-corrected chi connectivity index (χ2v) is 2.57. The predicted octanol–water partition coefficient (Wildman–Crippen LogP) is 1.14. The molecule has 0 aliphatic rings. The van der Waals surface area contributed by atoms with Gasteiger partial charge in [0.15, 0.2) is 18.2 Å². The lowest BCUT2D eigenvalue weighted by Crippen LogP contribution is -2.29. The molecule has 3 heteroatoms. The number of hydrogen-bond acceptors (Lipinski definition) is 3. The Balaban J connectivity index is 4.35. The SMILES string of the molecule is C=C=CC(C)C(=O)C(C=O)OCC. The number of ketones is 1. The van der Waals surface area contributed by atoms with E-state index in [0.29, 0.717) is 12.9 Å². The highest BCUT2D eigenvalue weighted by Crippen LogP contribution is 2.04. The van der Waals surface area contributed by atoms with Gasteiger partial charge in [0.2, 0.25) is 0 Å². The fourth-order valence-electron chi connectivity index (χ4n) is 0.886. The normalized spacial score (nSPS) is 14.0. The molecule has 13 heavy (non-hydrogen) atoms. The molecular formula is C10H14O3. The molecule has 0 aromatic carbocycles. The summed E-state index contributed by atoms with van der Waals surface area (Å²) in [5.74, 6) is -0.632. The highest BCUT2D eigenvalue weighted by Gasteiger charge is 2.21. The Bertz CT molecular complexity index is 226. The van der Waals surface area contributed by atoms with Crippen molar-refractivity contribution in [3.63, 3.8) is 0 Å². The molecule has 72 valence electrons. The number of rotatable bonds is 6. The fraction of sp³-hybridized carbons (Fsp3) is 0.500. The number of carbonyl (C=O) groups excluding carboxylic acids is 2. The Morgan fingerprint density at radius 1 is 1.69 bits per heavy atom. The molecular weight excluding hydrogens is 168 g/mol. The second-order valence-electron chi connectivity index (χ2n) is 2.57. The molecule has 2 unspecified atom stereocenters. The Hall–Kier alpha value is -1.18. The summed E-state index contributed by atoms with van der Waals surface area (Å²) in [6, 6.07) is 0. The summed E-state index contributed by atoms with van der Waals surface area (Å²) < 4.78 is 4.93. The summed E-state index contributed by atoms with van der Waals surface area (Å²) in [5, 5.41) is 0. The van der Waals surface area contributed by atoms with E-state index >= 15 is 0 Å². The van der Waals surface area contributed by atoms with Crippen LogP contribution in [0, 0.1) is 5.92 Å². The Morgan fingerprint density at radius 3 is 2.69 bits per heavy atom. The maximum absolute atomic E-state index is 11.4. The second kappa shape index (κ2) is 6.35. The molecule has 0 N–H and O–H groups in total. The lowest BCUT2D eigenvalue weighted by molar-refractivity contribution is -0.137. The van der Waals surface area contributed by atoms with Gasteiger partial charge in [-0.3, -0.25) is 9.59 Å². The molecule has 3 nitrogen and oxygen atoms in total. The fourth-order valence-corrected chi connectivity index (χ4v) is 0.886. The van der Waals surface area contributed by atoms with Crippen molar-refractivity contribution in [1.29, 1.82) is 0 Å². The first-order chi connectivity index (χ1) is 6.17. The standard InChI is InChI=1S/C10H14O3/c1-4-6-8(3)10(12)9(7-11)13-5-2/h6-9H,1,5H2,2-3H3. The number of aldehydes is 1. The molecule has 0 aliphatic carbocycles. The smallest absolute Gasteiger partial charge is 0.176 e. The number of ether oxygens (including phenoxy) is 1. The van der Waals surface area contributed by atoms with E-state index in [0.717, 1.165) is 0 Å². The Morgan fingerprint density at radius 2 is 2.31 bits per heavy atom. The Kier molecular flexibility index (Phi) is 5.77. The van der Waals surface area contributed by atoms with E-state index in [1.165, 1.54) is 6.08 Å². The van der Waals surface area contributed by atoms with E-state index in [1.54, 1.807) is 13.8 Å². The molecule has 0 aromatic rings. The van der Waals surface area contributed by atoms with Gasteiger partial charge in [0, 0.05) is 12.5 Å². The highest BCUT2D eigenvalue weighted by molar-refractivity contribution is 5.98. The van der Waals surface area contributed by atoms with Crippen molar-refractivity contribution in [3.8, 4) is 0 Å². The zero-order valence-corrected chi connectivity index (χ0v) is 7.95. The van der Waals surface area contributed by atoms with Crippen LogP contribution in [0.2, 0.25) is 0 Å². The first kappa shape index (κ1) is 11.8. The average Bonchev–Trinajstić information content (AvgIpc) is 2.13. The van der Waals surface area contributed by atoms with Crippen LogP contribution in [0.1, 0.15) is 13.8 Å². The molecule has 0 radical (unpaired) electrons. The van der Waals surface area contributed by atoms with Crippen molar-refractivity contribution in [2.24, 2.45) is 5.92 Å². The minimum Gasteiger partial charge on any atom is -0.363 e. The van der Waals surface area contributed by atoms with Gasteiger partial charge in [0.25, 0.3) is 0 Å². The topological polar surface area (TPSA) is 43.4 Å². The zero-order chi connectivity index (χ0) is 10.3. The van der Waals surface area contributed by atoms with E-state index < -0.39 is 6.10 Å². The van der Waals surface area contributed by atoms with Crippen molar-refractivity contribution in [2.75, 3.05) is 6.61 Å². The van der Waals surface area contributed by atoms with Crippen LogP contribution >= 0.6 is 0 Å². The first-order valence-electron chi connectivity index (χ1n) is 4.13. The summed E-state index contributed by atoms with van der Waals surface area (Å²) in [5.41, 5.74) is 2.50. The van der Waals surface area contributed by atoms with Gasteiger partial charge >= 0.3 is 0 Å². The largest absolute Gasteiger partial charge is 0.363 e. The van der Waals surface area contributed by atoms with Crippen molar-refractivity contribution in [2.45, 2.75) is 20.0 Å². The predicted molar refractivity (Wildman–Crippen MR) is 49.4 cm³/mol. The number of hydrogen-bond donors (Lipinski definition) is 0. The van der Waals surface area contributed by atoms with Gasteiger partial charge in [-0.15, -0.1) is 5.73 Å². The van der Waals surface area contributed by atoms with E-state index in [-0.39, 0.29) is 11.7 Å². The van der Waals surface area contributed by atoms with Crippen LogP contribution in [-0.2, 0) is 14.3 Å². The van der Waals surface area contributed by atoms with Crippen molar-refractivity contribution in [1.82, 2.24) is 0 Å². The summed E-state index contributed by atoms with van der Waals surface area (Å²) in [7, 11) is 0. The molecule has 0 amide bonds. The zero-order valence-electron chi connectivity index (χ0n) is 7.95. The monoisotopic (exact) mass is 182 g/mol. The summed E-state index contributed by atoms with van der Waals surface area (Å²) in [4.78, 5) is 21.8. The molecule has 0 saturated heterocycles. The molecule has 0 rings (SSSR count). The molecule has 0 saturated carbocycles. The lowest BCUT2D eigenvalue weighted by atomic mass is 10.0. The first-order valence-corrected chi connectivity index (χ1v) is 4.13. The minimum atomic E-state index is -0.954. The van der Waals surface area contributed by atoms with Crippen LogP contribution < -0.4 is 0 Å². The van der Waals surface area contributed by atoms with Gasteiger partial charge in [0.05, 0.1) is 0 Å². The van der Waals surface area contributed by atoms with Gasteiger partial charge in [-0.05, 0) is 13.0 Å². The molecule has 2 atom stereocenters. The third-order valence-electron chi connectivity index (χ3n) is 1.57. The Labute approximate surface area is 78.1 Å². The molecule has 0 spiro atoms. The summed E-state index contributed by atoms with van der Waals surface area (Å²) >= 11 is 0. The van der Waals surface area contributed by atoms with Crippen LogP contribution in [-0.4, -0.2) is 24.8 Å². The van der Waals surface area contributed by atoms with E-state index in [9.17, 15) is 9.59 Å². The molecule has 0 aromatic heterocycles. The van der Waals surface area contributed by atoms with Gasteiger partial charge in [0.1, 0.15) is 0 Å². The quantitative estimate of drug-likeness (QED) is 0.351. The van der Waals surface area contributed by atoms with Crippen LogP contribution in [0.15, 0.2) is 18.4 Å². The number of Topliss-reactive ketones (excluding diaryl/α,β-unsaturated/α-hetero) is 1. The lowest BCUT2D eigenvalue weighted by Gasteiger charge is -2.11. The average molecular weight is 182 g/mol. The van der Waals surface area contributed by atoms with Crippen LogP contribution in [0.5, 0.6) is 0 Å². The van der Waals surface area contributed by atoms with E-state index in [2.05, 4.69) is 12.3 Å². The third-order valence-corrected chi connectivity index (χ3v) is 1.57. The van der Waals surface area contributed by atoms with Crippen molar-refractivity contribution < 1.29 is 14.3 Å². The van der Waals surface area contributed by atoms with Crippen molar-refractivity contribution >= 4 is 12.1 Å². The van der Waals surface area contributed by atoms with Crippen LogP contribution in [0.25, 0.3) is 0 Å². The van der Waals surface area contributed by atoms with E-state index in [4.69, 9.17) is 4.74 Å². The molecule has 0 heterocycles. The van der Waals surface area contributed by atoms with Gasteiger partial charge in [-0.2, -0.15) is 0 Å². The number of carbonyl (C=O) groups is 2. The highest BCUT2D eigenvalue weighted by atomic mass is 16.5. The molecule has 0 bridgehead atoms. The third kappa shape index (κ3) is 3.83. The molecule has 0 fully saturated rings.